The predicted octanol–water partition coefficient (Wildman–Crippen LogP) is 0.587. The van der Waals surface area contributed by atoms with Crippen LogP contribution in [0, 0.1) is 11.8 Å². The quantitative estimate of drug-likeness (QED) is 0.705. The molecule has 1 aliphatic carbocycles. The summed E-state index contributed by atoms with van der Waals surface area (Å²) in [4.78, 5) is 40.1. The minimum Gasteiger partial charge on any atom is -0.341 e. The zero-order valence-corrected chi connectivity index (χ0v) is 15.2. The standard InChI is InChI=1S/C16H26N4O3.ClH/c1-16(12-5-6-12)14(22)20(15(23)18-16)10-13(21)19-7-3-4-11(9-19)8-17-2;/h11-12,17H,3-10H2,1-2H3,(H,18,23);1H. The van der Waals surface area contributed by atoms with Gasteiger partial charge in [-0.25, -0.2) is 4.79 Å². The van der Waals surface area contributed by atoms with Gasteiger partial charge in [0.05, 0.1) is 0 Å². The van der Waals surface area contributed by atoms with Crippen molar-refractivity contribution in [1.82, 2.24) is 20.4 Å². The Labute approximate surface area is 148 Å². The second kappa shape index (κ2) is 7.27. The number of piperidine rings is 1. The third-order valence-corrected chi connectivity index (χ3v) is 5.35. The lowest BCUT2D eigenvalue weighted by molar-refractivity contribution is -0.140. The van der Waals surface area contributed by atoms with E-state index in [1.165, 1.54) is 0 Å². The summed E-state index contributed by atoms with van der Waals surface area (Å²) in [6.45, 7) is 3.93. The van der Waals surface area contributed by atoms with Crippen LogP contribution >= 0.6 is 12.4 Å². The highest BCUT2D eigenvalue weighted by Gasteiger charge is 2.56. The summed E-state index contributed by atoms with van der Waals surface area (Å²) in [5, 5.41) is 5.93. The summed E-state index contributed by atoms with van der Waals surface area (Å²) in [6.07, 6.45) is 4.00. The Kier molecular flexibility index (Phi) is 5.75. The van der Waals surface area contributed by atoms with Crippen molar-refractivity contribution < 1.29 is 14.4 Å². The first-order valence-electron chi connectivity index (χ1n) is 8.52. The second-order valence-electron chi connectivity index (χ2n) is 7.20. The minimum absolute atomic E-state index is 0. The number of rotatable bonds is 5. The molecule has 2 heterocycles. The monoisotopic (exact) mass is 358 g/mol. The summed E-state index contributed by atoms with van der Waals surface area (Å²) >= 11 is 0. The van der Waals surface area contributed by atoms with Crippen LogP contribution in [0.25, 0.3) is 0 Å². The van der Waals surface area contributed by atoms with Crippen molar-refractivity contribution in [2.75, 3.05) is 33.2 Å². The van der Waals surface area contributed by atoms with E-state index in [-0.39, 0.29) is 36.7 Å². The average molecular weight is 359 g/mol. The van der Waals surface area contributed by atoms with Gasteiger partial charge in [-0.2, -0.15) is 0 Å². The molecule has 2 saturated heterocycles. The Morgan fingerprint density at radius 2 is 2.04 bits per heavy atom. The molecule has 24 heavy (non-hydrogen) atoms. The van der Waals surface area contributed by atoms with E-state index in [4.69, 9.17) is 0 Å². The zero-order valence-electron chi connectivity index (χ0n) is 14.3. The molecule has 3 fully saturated rings. The van der Waals surface area contributed by atoms with Gasteiger partial charge in [-0.05, 0) is 58.0 Å². The molecule has 4 amide bonds. The summed E-state index contributed by atoms with van der Waals surface area (Å²) in [5.74, 6) is 0.281. The first kappa shape index (κ1) is 19.0. The van der Waals surface area contributed by atoms with Gasteiger partial charge >= 0.3 is 6.03 Å². The molecule has 0 aromatic carbocycles. The number of nitrogens with one attached hydrogen (secondary N) is 2. The molecule has 136 valence electrons. The maximum absolute atomic E-state index is 12.6. The molecule has 7 nitrogen and oxygen atoms in total. The van der Waals surface area contributed by atoms with Gasteiger partial charge in [0.2, 0.25) is 5.91 Å². The molecule has 0 aromatic rings. The largest absolute Gasteiger partial charge is 0.341 e. The van der Waals surface area contributed by atoms with Crippen LogP contribution in [0.5, 0.6) is 0 Å². The number of hydrogen-bond acceptors (Lipinski definition) is 4. The van der Waals surface area contributed by atoms with Crippen LogP contribution in [-0.2, 0) is 9.59 Å². The van der Waals surface area contributed by atoms with Gasteiger partial charge in [0, 0.05) is 13.1 Å². The van der Waals surface area contributed by atoms with Crippen LogP contribution in [0.2, 0.25) is 0 Å². The number of likely N-dealkylation sites (tertiary alicyclic amines) is 1. The highest BCUT2D eigenvalue weighted by atomic mass is 35.5. The fraction of sp³-hybridized carbons (Fsp3) is 0.812. The summed E-state index contributed by atoms with van der Waals surface area (Å²) in [6, 6.07) is -0.429. The van der Waals surface area contributed by atoms with Crippen LogP contribution in [0.15, 0.2) is 0 Å². The number of hydrogen-bond donors (Lipinski definition) is 2. The normalized spacial score (nSPS) is 30.2. The van der Waals surface area contributed by atoms with Gasteiger partial charge in [0.1, 0.15) is 12.1 Å². The van der Waals surface area contributed by atoms with Crippen molar-refractivity contribution in [2.45, 2.75) is 38.1 Å². The van der Waals surface area contributed by atoms with E-state index in [0.717, 1.165) is 37.1 Å². The summed E-state index contributed by atoms with van der Waals surface area (Å²) in [5.41, 5.74) is -0.812. The number of carbonyl (C=O) groups excluding carboxylic acids is 3. The summed E-state index contributed by atoms with van der Waals surface area (Å²) < 4.78 is 0. The Morgan fingerprint density at radius 1 is 1.33 bits per heavy atom. The molecule has 2 aliphatic heterocycles. The van der Waals surface area contributed by atoms with Gasteiger partial charge in [-0.3, -0.25) is 14.5 Å². The Hall–Kier alpha value is -1.34. The van der Waals surface area contributed by atoms with E-state index in [2.05, 4.69) is 10.6 Å². The molecule has 0 bridgehead atoms. The van der Waals surface area contributed by atoms with Crippen molar-refractivity contribution >= 4 is 30.3 Å². The Balaban J connectivity index is 0.00000208. The van der Waals surface area contributed by atoms with E-state index >= 15 is 0 Å². The molecular formula is C16H27ClN4O3. The van der Waals surface area contributed by atoms with Gasteiger partial charge in [-0.15, -0.1) is 12.4 Å². The van der Waals surface area contributed by atoms with Crippen LogP contribution in [-0.4, -0.2) is 66.4 Å². The number of carbonyl (C=O) groups is 3. The van der Waals surface area contributed by atoms with Crippen molar-refractivity contribution in [1.29, 1.82) is 0 Å². The third-order valence-electron chi connectivity index (χ3n) is 5.35. The maximum Gasteiger partial charge on any atom is 0.325 e. The lowest BCUT2D eigenvalue weighted by Gasteiger charge is -2.33. The Bertz CT molecular complexity index is 523. The van der Waals surface area contributed by atoms with Crippen LogP contribution < -0.4 is 10.6 Å². The lowest BCUT2D eigenvalue weighted by Crippen LogP contribution is -2.49. The topological polar surface area (TPSA) is 81.8 Å². The van der Waals surface area contributed by atoms with E-state index < -0.39 is 11.6 Å². The number of urea groups is 1. The molecule has 2 N–H and O–H groups in total. The van der Waals surface area contributed by atoms with E-state index in [1.54, 1.807) is 11.8 Å². The SMILES string of the molecule is CNCC1CCCN(C(=O)CN2C(=O)NC(C)(C3CC3)C2=O)C1.Cl. The van der Waals surface area contributed by atoms with E-state index in [0.29, 0.717) is 19.0 Å². The molecule has 2 unspecified atom stereocenters. The highest BCUT2D eigenvalue weighted by Crippen LogP contribution is 2.42. The second-order valence-corrected chi connectivity index (χ2v) is 7.20. The van der Waals surface area contributed by atoms with E-state index in [1.807, 2.05) is 7.05 Å². The molecule has 0 aromatic heterocycles. The van der Waals surface area contributed by atoms with Gasteiger partial charge in [0.25, 0.3) is 5.91 Å². The fourth-order valence-electron chi connectivity index (χ4n) is 3.78. The summed E-state index contributed by atoms with van der Waals surface area (Å²) in [7, 11) is 1.91. The molecule has 1 saturated carbocycles. The molecule has 3 rings (SSSR count). The highest BCUT2D eigenvalue weighted by molar-refractivity contribution is 6.09. The van der Waals surface area contributed by atoms with E-state index in [9.17, 15) is 14.4 Å². The fourth-order valence-corrected chi connectivity index (χ4v) is 3.78. The molecule has 2 atom stereocenters. The maximum atomic E-state index is 12.6. The van der Waals surface area contributed by atoms with Crippen LogP contribution in [0.3, 0.4) is 0 Å². The van der Waals surface area contributed by atoms with Crippen LogP contribution in [0.4, 0.5) is 4.79 Å². The third kappa shape index (κ3) is 3.52. The van der Waals surface area contributed by atoms with Crippen molar-refractivity contribution in [3.8, 4) is 0 Å². The molecule has 8 heteroatoms. The van der Waals surface area contributed by atoms with Gasteiger partial charge < -0.3 is 15.5 Å². The molecule has 0 radical (unpaired) electrons. The average Bonchev–Trinajstić information content (AvgIpc) is 3.34. The number of nitrogens with zero attached hydrogens (tertiary/aromatic N) is 2. The number of amides is 4. The molecule has 0 spiro atoms. The molecular weight excluding hydrogens is 332 g/mol. The van der Waals surface area contributed by atoms with Crippen molar-refractivity contribution in [2.24, 2.45) is 11.8 Å². The van der Waals surface area contributed by atoms with Crippen molar-refractivity contribution in [3.05, 3.63) is 0 Å². The first-order valence-corrected chi connectivity index (χ1v) is 8.52. The predicted molar refractivity (Wildman–Crippen MR) is 91.9 cm³/mol. The van der Waals surface area contributed by atoms with Gasteiger partial charge in [0.15, 0.2) is 0 Å². The number of halogens is 1. The lowest BCUT2D eigenvalue weighted by atomic mass is 9.96. The first-order chi connectivity index (χ1) is 11.0. The van der Waals surface area contributed by atoms with Crippen LogP contribution in [0.1, 0.15) is 32.6 Å². The zero-order chi connectivity index (χ0) is 16.6. The molecule has 3 aliphatic rings. The minimum atomic E-state index is -0.812. The Morgan fingerprint density at radius 3 is 2.67 bits per heavy atom. The van der Waals surface area contributed by atoms with Gasteiger partial charge in [-0.1, -0.05) is 0 Å². The van der Waals surface area contributed by atoms with Crippen molar-refractivity contribution in [3.63, 3.8) is 0 Å². The smallest absolute Gasteiger partial charge is 0.325 e. The number of imide groups is 1.